The number of aryl methyl sites for hydroxylation is 2. The van der Waals surface area contributed by atoms with Gasteiger partial charge in [-0.3, -0.25) is 9.59 Å². The summed E-state index contributed by atoms with van der Waals surface area (Å²) in [6.07, 6.45) is -2.38. The van der Waals surface area contributed by atoms with Gasteiger partial charge < -0.3 is 15.3 Å². The second kappa shape index (κ2) is 9.74. The Balaban J connectivity index is 1.41. The van der Waals surface area contributed by atoms with Gasteiger partial charge in [-0.25, -0.2) is 0 Å². The van der Waals surface area contributed by atoms with Crippen molar-refractivity contribution >= 4 is 35.0 Å². The number of alkyl halides is 3. The van der Waals surface area contributed by atoms with Gasteiger partial charge in [0.05, 0.1) is 33.8 Å². The topological polar surface area (TPSA) is 69.6 Å². The molecule has 2 atom stereocenters. The summed E-state index contributed by atoms with van der Waals surface area (Å²) in [5.41, 5.74) is 1.20. The number of nitrogens with zero attached hydrogens (tertiary/aromatic N) is 1. The number of fused-ring (bicyclic) bond motifs is 1. The molecule has 10 heteroatoms. The molecule has 0 radical (unpaired) electrons. The van der Waals surface area contributed by atoms with Crippen LogP contribution in [0.1, 0.15) is 48.1 Å². The SMILES string of the molecule is CC(CCc1ccc(Cl)c(Cl)c1)NC(=O)C1=C(O)C(=O)N([C@H]2CCc3ccc(C(F)(F)F)cc32)C1. The van der Waals surface area contributed by atoms with Crippen LogP contribution in [0.5, 0.6) is 0 Å². The number of carbonyl (C=O) groups excluding carboxylic acids is 2. The minimum atomic E-state index is -4.50. The van der Waals surface area contributed by atoms with E-state index in [0.29, 0.717) is 41.3 Å². The van der Waals surface area contributed by atoms with Gasteiger partial charge in [0.1, 0.15) is 0 Å². The van der Waals surface area contributed by atoms with Gasteiger partial charge >= 0.3 is 6.18 Å². The fourth-order valence-corrected chi connectivity index (χ4v) is 4.88. The van der Waals surface area contributed by atoms with E-state index >= 15 is 0 Å². The Bertz CT molecular complexity index is 1210. The maximum Gasteiger partial charge on any atom is 0.416 e. The first-order valence-electron chi connectivity index (χ1n) is 11.1. The molecule has 35 heavy (non-hydrogen) atoms. The lowest BCUT2D eigenvalue weighted by Crippen LogP contribution is -2.36. The van der Waals surface area contributed by atoms with Crippen LogP contribution in [-0.2, 0) is 28.6 Å². The molecule has 1 aliphatic carbocycles. The molecule has 0 fully saturated rings. The predicted octanol–water partition coefficient (Wildman–Crippen LogP) is 5.79. The average Bonchev–Trinajstić information content (AvgIpc) is 3.34. The van der Waals surface area contributed by atoms with Crippen LogP contribution >= 0.6 is 23.2 Å². The quantitative estimate of drug-likeness (QED) is 0.500. The minimum absolute atomic E-state index is 0.0863. The largest absolute Gasteiger partial charge is 0.503 e. The van der Waals surface area contributed by atoms with Crippen LogP contribution < -0.4 is 5.32 Å². The molecule has 1 aliphatic heterocycles. The molecule has 0 spiro atoms. The first kappa shape index (κ1) is 25.4. The lowest BCUT2D eigenvalue weighted by Gasteiger charge is -2.25. The summed E-state index contributed by atoms with van der Waals surface area (Å²) in [4.78, 5) is 26.8. The average molecular weight is 527 g/mol. The molecule has 0 saturated carbocycles. The molecule has 2 aromatic rings. The van der Waals surface area contributed by atoms with Crippen molar-refractivity contribution in [2.75, 3.05) is 6.54 Å². The Morgan fingerprint density at radius 3 is 2.63 bits per heavy atom. The number of aliphatic hydroxyl groups excluding tert-OH is 1. The highest BCUT2D eigenvalue weighted by Crippen LogP contribution is 2.41. The lowest BCUT2D eigenvalue weighted by molar-refractivity contribution is -0.137. The van der Waals surface area contributed by atoms with Crippen LogP contribution in [-0.4, -0.2) is 34.4 Å². The van der Waals surface area contributed by atoms with Crippen LogP contribution in [0.25, 0.3) is 0 Å². The van der Waals surface area contributed by atoms with E-state index in [1.807, 2.05) is 6.07 Å². The van der Waals surface area contributed by atoms with Crippen molar-refractivity contribution in [1.29, 1.82) is 0 Å². The van der Waals surface area contributed by atoms with Gasteiger partial charge in [-0.15, -0.1) is 0 Å². The number of aliphatic hydroxyl groups is 1. The van der Waals surface area contributed by atoms with Crippen molar-refractivity contribution in [2.45, 2.75) is 50.9 Å². The Labute approximate surface area is 210 Å². The van der Waals surface area contributed by atoms with E-state index in [1.165, 1.54) is 11.0 Å². The third-order valence-corrected chi connectivity index (χ3v) is 7.21. The van der Waals surface area contributed by atoms with E-state index < -0.39 is 35.4 Å². The molecule has 1 heterocycles. The van der Waals surface area contributed by atoms with E-state index in [4.69, 9.17) is 23.2 Å². The molecule has 2 N–H and O–H groups in total. The molecule has 0 saturated heterocycles. The molecule has 0 bridgehead atoms. The van der Waals surface area contributed by atoms with E-state index in [-0.39, 0.29) is 18.2 Å². The second-order valence-electron chi connectivity index (χ2n) is 8.89. The van der Waals surface area contributed by atoms with Gasteiger partial charge in [-0.2, -0.15) is 13.2 Å². The number of benzene rings is 2. The van der Waals surface area contributed by atoms with Crippen molar-refractivity contribution < 1.29 is 27.9 Å². The van der Waals surface area contributed by atoms with Crippen LogP contribution in [0.3, 0.4) is 0 Å². The number of nitrogens with one attached hydrogen (secondary N) is 1. The highest BCUT2D eigenvalue weighted by atomic mass is 35.5. The number of carbonyl (C=O) groups is 2. The smallest absolute Gasteiger partial charge is 0.416 e. The van der Waals surface area contributed by atoms with Crippen molar-refractivity contribution in [1.82, 2.24) is 10.2 Å². The van der Waals surface area contributed by atoms with Gasteiger partial charge in [-0.1, -0.05) is 35.3 Å². The molecule has 2 amide bonds. The summed E-state index contributed by atoms with van der Waals surface area (Å²) < 4.78 is 39.6. The number of amides is 2. The second-order valence-corrected chi connectivity index (χ2v) is 9.70. The van der Waals surface area contributed by atoms with E-state index in [0.717, 1.165) is 23.3 Å². The summed E-state index contributed by atoms with van der Waals surface area (Å²) in [5, 5.41) is 14.1. The fourth-order valence-electron chi connectivity index (χ4n) is 4.56. The van der Waals surface area contributed by atoms with Crippen molar-refractivity contribution in [3.63, 3.8) is 0 Å². The molecule has 2 aliphatic rings. The summed E-state index contributed by atoms with van der Waals surface area (Å²) in [6.45, 7) is 1.63. The monoisotopic (exact) mass is 526 g/mol. The number of hydrogen-bond donors (Lipinski definition) is 2. The van der Waals surface area contributed by atoms with Crippen molar-refractivity contribution in [3.05, 3.63) is 80.0 Å². The zero-order valence-corrected chi connectivity index (χ0v) is 20.3. The predicted molar refractivity (Wildman–Crippen MR) is 126 cm³/mol. The van der Waals surface area contributed by atoms with Crippen LogP contribution in [0.2, 0.25) is 10.0 Å². The van der Waals surface area contributed by atoms with E-state index in [2.05, 4.69) is 5.32 Å². The molecular formula is C25H23Cl2F3N2O3. The third-order valence-electron chi connectivity index (χ3n) is 6.47. The van der Waals surface area contributed by atoms with Crippen LogP contribution in [0.15, 0.2) is 47.7 Å². The Morgan fingerprint density at radius 1 is 1.20 bits per heavy atom. The zero-order valence-electron chi connectivity index (χ0n) is 18.8. The fraction of sp³-hybridized carbons (Fsp3) is 0.360. The maximum atomic E-state index is 13.2. The minimum Gasteiger partial charge on any atom is -0.503 e. The molecule has 186 valence electrons. The van der Waals surface area contributed by atoms with E-state index in [9.17, 15) is 27.9 Å². The maximum absolute atomic E-state index is 13.2. The Morgan fingerprint density at radius 2 is 1.94 bits per heavy atom. The lowest BCUT2D eigenvalue weighted by atomic mass is 10.0. The normalized spacial score (nSPS) is 18.7. The van der Waals surface area contributed by atoms with Gasteiger partial charge in [-0.05, 0) is 73.6 Å². The summed E-state index contributed by atoms with van der Waals surface area (Å²) in [7, 11) is 0. The van der Waals surface area contributed by atoms with Crippen molar-refractivity contribution in [3.8, 4) is 0 Å². The highest BCUT2D eigenvalue weighted by molar-refractivity contribution is 6.42. The van der Waals surface area contributed by atoms with Gasteiger partial charge in [0, 0.05) is 6.04 Å². The van der Waals surface area contributed by atoms with E-state index in [1.54, 1.807) is 19.1 Å². The molecular weight excluding hydrogens is 504 g/mol. The Hall–Kier alpha value is -2.71. The van der Waals surface area contributed by atoms with Crippen LogP contribution in [0, 0.1) is 0 Å². The summed E-state index contributed by atoms with van der Waals surface area (Å²) in [6, 6.07) is 7.89. The number of halogens is 5. The molecule has 5 nitrogen and oxygen atoms in total. The molecule has 2 aromatic carbocycles. The van der Waals surface area contributed by atoms with Gasteiger partial charge in [0.2, 0.25) is 0 Å². The molecule has 1 unspecified atom stereocenters. The highest BCUT2D eigenvalue weighted by Gasteiger charge is 2.41. The molecule has 0 aromatic heterocycles. The first-order valence-corrected chi connectivity index (χ1v) is 11.9. The molecule has 4 rings (SSSR count). The van der Waals surface area contributed by atoms with Gasteiger partial charge in [0.25, 0.3) is 11.8 Å². The van der Waals surface area contributed by atoms with Crippen LogP contribution in [0.4, 0.5) is 13.2 Å². The standard InChI is InChI=1S/C25H23Cl2F3N2O3/c1-13(2-3-14-4-8-19(26)20(27)10-14)31-23(34)18-12-32(24(35)22(18)33)21-9-6-15-5-7-16(11-17(15)21)25(28,29)30/h4-5,7-8,10-11,13,21,33H,2-3,6,9,12H2,1H3,(H,31,34)/t13?,21-/m0/s1. The third kappa shape index (κ3) is 5.28. The number of hydrogen-bond acceptors (Lipinski definition) is 3. The first-order chi connectivity index (χ1) is 16.5. The van der Waals surface area contributed by atoms with Crippen molar-refractivity contribution in [2.24, 2.45) is 0 Å². The summed E-state index contributed by atoms with van der Waals surface area (Å²) in [5.74, 6) is -2.00. The Kier molecular flexibility index (Phi) is 7.06. The number of rotatable bonds is 6. The summed E-state index contributed by atoms with van der Waals surface area (Å²) >= 11 is 12.0. The van der Waals surface area contributed by atoms with Gasteiger partial charge in [0.15, 0.2) is 5.76 Å². The zero-order chi connectivity index (χ0) is 25.5.